The van der Waals surface area contributed by atoms with Gasteiger partial charge in [0.25, 0.3) is 0 Å². The van der Waals surface area contributed by atoms with Crippen molar-refractivity contribution in [1.82, 2.24) is 5.06 Å². The summed E-state index contributed by atoms with van der Waals surface area (Å²) in [7, 11) is 0. The minimum atomic E-state index is 0.455. The van der Waals surface area contributed by atoms with Gasteiger partial charge >= 0.3 is 0 Å². The normalized spacial score (nSPS) is 15.8. The number of rotatable bonds is 1. The number of hydroxylamine groups is 2. The lowest BCUT2D eigenvalue weighted by atomic mass is 10.1. The Bertz CT molecular complexity index is 343. The molecule has 0 saturated carbocycles. The van der Waals surface area contributed by atoms with E-state index in [2.05, 4.69) is 4.99 Å². The topological polar surface area (TPSA) is 35.8 Å². The van der Waals surface area contributed by atoms with Gasteiger partial charge in [0.05, 0.1) is 18.4 Å². The molecule has 0 saturated heterocycles. The average molecular weight is 174 g/mol. The predicted molar refractivity (Wildman–Crippen MR) is 51.4 cm³/mol. The highest BCUT2D eigenvalue weighted by molar-refractivity contribution is 5.76. The molecular formula is C10H10N2O. The second-order valence-corrected chi connectivity index (χ2v) is 2.81. The maximum absolute atomic E-state index is 9.21. The molecule has 66 valence electrons. The molecule has 1 aromatic carbocycles. The molecular weight excluding hydrogens is 164 g/mol. The summed E-state index contributed by atoms with van der Waals surface area (Å²) in [5.74, 6) is 0. The van der Waals surface area contributed by atoms with Gasteiger partial charge in [-0.1, -0.05) is 30.3 Å². The summed E-state index contributed by atoms with van der Waals surface area (Å²) < 4.78 is 0. The summed E-state index contributed by atoms with van der Waals surface area (Å²) in [6.45, 7) is 0.455. The molecule has 1 aliphatic heterocycles. The van der Waals surface area contributed by atoms with Crippen LogP contribution in [0.3, 0.4) is 0 Å². The van der Waals surface area contributed by atoms with E-state index in [4.69, 9.17) is 0 Å². The highest BCUT2D eigenvalue weighted by Gasteiger charge is 2.04. The van der Waals surface area contributed by atoms with Gasteiger partial charge in [0.1, 0.15) is 0 Å². The Morgan fingerprint density at radius 1 is 1.23 bits per heavy atom. The average Bonchev–Trinajstić information content (AvgIpc) is 2.19. The number of nitrogens with zero attached hydrogens (tertiary/aromatic N) is 2. The van der Waals surface area contributed by atoms with Gasteiger partial charge in [-0.25, -0.2) is 0 Å². The van der Waals surface area contributed by atoms with Crippen molar-refractivity contribution in [3.05, 3.63) is 42.1 Å². The quantitative estimate of drug-likeness (QED) is 0.704. The third kappa shape index (κ3) is 1.76. The molecule has 1 aliphatic rings. The summed E-state index contributed by atoms with van der Waals surface area (Å²) in [5.41, 5.74) is 1.80. The lowest BCUT2D eigenvalue weighted by Crippen LogP contribution is -2.17. The highest BCUT2D eigenvalue weighted by Crippen LogP contribution is 2.17. The largest absolute Gasteiger partial charge is 0.289 e. The van der Waals surface area contributed by atoms with Gasteiger partial charge < -0.3 is 0 Å². The van der Waals surface area contributed by atoms with Crippen molar-refractivity contribution in [1.29, 1.82) is 0 Å². The summed E-state index contributed by atoms with van der Waals surface area (Å²) in [6.07, 6.45) is 3.30. The molecule has 0 aromatic heterocycles. The van der Waals surface area contributed by atoms with E-state index < -0.39 is 0 Å². The van der Waals surface area contributed by atoms with Crippen LogP contribution in [-0.4, -0.2) is 23.0 Å². The first kappa shape index (κ1) is 8.01. The van der Waals surface area contributed by atoms with Crippen LogP contribution in [-0.2, 0) is 0 Å². The van der Waals surface area contributed by atoms with Gasteiger partial charge in [0, 0.05) is 11.8 Å². The molecule has 0 amide bonds. The maximum Gasteiger partial charge on any atom is 0.0881 e. The van der Waals surface area contributed by atoms with E-state index in [1.807, 2.05) is 30.3 Å². The van der Waals surface area contributed by atoms with Crippen LogP contribution in [0.25, 0.3) is 5.70 Å². The Morgan fingerprint density at radius 3 is 2.69 bits per heavy atom. The summed E-state index contributed by atoms with van der Waals surface area (Å²) >= 11 is 0. The molecule has 2 rings (SSSR count). The summed E-state index contributed by atoms with van der Waals surface area (Å²) in [6, 6.07) is 9.77. The van der Waals surface area contributed by atoms with Crippen LogP contribution >= 0.6 is 0 Å². The zero-order valence-electron chi connectivity index (χ0n) is 7.09. The van der Waals surface area contributed by atoms with Gasteiger partial charge in [0.2, 0.25) is 0 Å². The van der Waals surface area contributed by atoms with E-state index in [0.717, 1.165) is 16.3 Å². The molecule has 3 heteroatoms. The molecule has 1 heterocycles. The Labute approximate surface area is 76.6 Å². The van der Waals surface area contributed by atoms with Crippen LogP contribution in [0.1, 0.15) is 5.56 Å². The van der Waals surface area contributed by atoms with Gasteiger partial charge in [0.15, 0.2) is 0 Å². The smallest absolute Gasteiger partial charge is 0.0881 e. The summed E-state index contributed by atoms with van der Waals surface area (Å²) in [4.78, 5) is 4.18. The van der Waals surface area contributed by atoms with Crippen LogP contribution in [0, 0.1) is 0 Å². The lowest BCUT2D eigenvalue weighted by Gasteiger charge is -2.14. The first-order chi connectivity index (χ1) is 6.36. The van der Waals surface area contributed by atoms with Gasteiger partial charge in [-0.15, -0.1) is 0 Å². The Balaban J connectivity index is 2.32. The minimum absolute atomic E-state index is 0.455. The second-order valence-electron chi connectivity index (χ2n) is 2.81. The Hall–Kier alpha value is -1.61. The van der Waals surface area contributed by atoms with Crippen LogP contribution in [0.2, 0.25) is 0 Å². The van der Waals surface area contributed by atoms with Gasteiger partial charge in [-0.05, 0) is 0 Å². The summed E-state index contributed by atoms with van der Waals surface area (Å²) in [5, 5.41) is 10.3. The minimum Gasteiger partial charge on any atom is -0.289 e. The van der Waals surface area contributed by atoms with Crippen molar-refractivity contribution in [3.8, 4) is 0 Å². The molecule has 0 spiro atoms. The van der Waals surface area contributed by atoms with Crippen LogP contribution in [0.4, 0.5) is 0 Å². The fraction of sp³-hybridized carbons (Fsp3) is 0.100. The van der Waals surface area contributed by atoms with Crippen LogP contribution in [0.15, 0.2) is 41.5 Å². The fourth-order valence-electron chi connectivity index (χ4n) is 1.21. The predicted octanol–water partition coefficient (Wildman–Crippen LogP) is 1.76. The number of hydrogen-bond donors (Lipinski definition) is 1. The second kappa shape index (κ2) is 3.41. The van der Waals surface area contributed by atoms with Crippen molar-refractivity contribution in [2.75, 3.05) is 6.54 Å². The third-order valence-electron chi connectivity index (χ3n) is 1.84. The molecule has 13 heavy (non-hydrogen) atoms. The molecule has 0 fully saturated rings. The molecule has 0 radical (unpaired) electrons. The van der Waals surface area contributed by atoms with Gasteiger partial charge in [-0.3, -0.25) is 15.3 Å². The van der Waals surface area contributed by atoms with E-state index in [0.29, 0.717) is 6.54 Å². The Morgan fingerprint density at radius 2 is 2.00 bits per heavy atom. The maximum atomic E-state index is 9.21. The van der Waals surface area contributed by atoms with Crippen LogP contribution in [0.5, 0.6) is 0 Å². The van der Waals surface area contributed by atoms with E-state index in [-0.39, 0.29) is 0 Å². The first-order valence-corrected chi connectivity index (χ1v) is 4.11. The molecule has 1 aromatic rings. The Kier molecular flexibility index (Phi) is 2.10. The molecule has 0 unspecified atom stereocenters. The van der Waals surface area contributed by atoms with Crippen molar-refractivity contribution in [2.24, 2.45) is 4.99 Å². The number of benzene rings is 1. The number of hydrogen-bond acceptors (Lipinski definition) is 3. The number of aliphatic imine (C=N–C) groups is 1. The van der Waals surface area contributed by atoms with Crippen molar-refractivity contribution < 1.29 is 5.21 Å². The van der Waals surface area contributed by atoms with Crippen molar-refractivity contribution >= 4 is 11.9 Å². The SMILES string of the molecule is ON1C=C(c2ccccc2)N=CC1. The third-order valence-corrected chi connectivity index (χ3v) is 1.84. The van der Waals surface area contributed by atoms with Gasteiger partial charge in [-0.2, -0.15) is 0 Å². The molecule has 1 N–H and O–H groups in total. The molecule has 0 atom stereocenters. The zero-order chi connectivity index (χ0) is 9.10. The molecule has 0 aliphatic carbocycles. The van der Waals surface area contributed by atoms with E-state index in [9.17, 15) is 5.21 Å². The monoisotopic (exact) mass is 174 g/mol. The molecule has 0 bridgehead atoms. The van der Waals surface area contributed by atoms with Crippen LogP contribution < -0.4 is 0 Å². The van der Waals surface area contributed by atoms with E-state index in [1.54, 1.807) is 12.4 Å². The lowest BCUT2D eigenvalue weighted by molar-refractivity contribution is -0.0244. The standard InChI is InChI=1S/C10H10N2O/c13-12-7-6-11-10(8-12)9-4-2-1-3-5-9/h1-6,8,13H,7H2. The van der Waals surface area contributed by atoms with E-state index >= 15 is 0 Å². The fourth-order valence-corrected chi connectivity index (χ4v) is 1.21. The highest BCUT2D eigenvalue weighted by atomic mass is 16.5. The van der Waals surface area contributed by atoms with Crippen molar-refractivity contribution in [3.63, 3.8) is 0 Å². The molecule has 3 nitrogen and oxygen atoms in total. The van der Waals surface area contributed by atoms with Crippen molar-refractivity contribution in [2.45, 2.75) is 0 Å². The first-order valence-electron chi connectivity index (χ1n) is 4.11. The van der Waals surface area contributed by atoms with E-state index in [1.165, 1.54) is 0 Å². The zero-order valence-corrected chi connectivity index (χ0v) is 7.09.